The molecule has 1 atom stereocenters. The summed E-state index contributed by atoms with van der Waals surface area (Å²) >= 11 is 0. The molecule has 0 saturated heterocycles. The Kier molecular flexibility index (Phi) is 4.38. The van der Waals surface area contributed by atoms with E-state index in [1.807, 2.05) is 32.0 Å². The van der Waals surface area contributed by atoms with Crippen LogP contribution in [-0.2, 0) is 6.42 Å². The molecule has 0 fully saturated rings. The molecule has 2 rings (SSSR count). The Balaban J connectivity index is 2.32. The molecule has 0 bridgehead atoms. The number of aryl methyl sites for hydroxylation is 2. The topological polar surface area (TPSA) is 12.0 Å². The summed E-state index contributed by atoms with van der Waals surface area (Å²) in [6, 6.07) is 9.32. The van der Waals surface area contributed by atoms with Gasteiger partial charge in [0.1, 0.15) is 11.6 Å². The van der Waals surface area contributed by atoms with Gasteiger partial charge in [-0.1, -0.05) is 25.1 Å². The number of rotatable bonds is 4. The Hall–Kier alpha value is -1.90. The Morgan fingerprint density at radius 1 is 1.15 bits per heavy atom. The number of halogens is 2. The second-order valence-corrected chi connectivity index (χ2v) is 4.99. The first-order valence-electron chi connectivity index (χ1n) is 6.83. The third-order valence-corrected chi connectivity index (χ3v) is 3.53. The lowest BCUT2D eigenvalue weighted by Crippen LogP contribution is -2.11. The van der Waals surface area contributed by atoms with Crippen LogP contribution in [0.4, 0.5) is 14.5 Å². The van der Waals surface area contributed by atoms with Gasteiger partial charge < -0.3 is 5.32 Å². The molecule has 0 heterocycles. The number of hydrogen-bond acceptors (Lipinski definition) is 1. The summed E-state index contributed by atoms with van der Waals surface area (Å²) < 4.78 is 27.1. The highest BCUT2D eigenvalue weighted by Gasteiger charge is 2.14. The maximum Gasteiger partial charge on any atom is 0.128 e. The summed E-state index contributed by atoms with van der Waals surface area (Å²) in [4.78, 5) is 0. The first-order valence-corrected chi connectivity index (χ1v) is 6.83. The molecule has 1 nitrogen and oxygen atoms in total. The van der Waals surface area contributed by atoms with Crippen LogP contribution in [0.3, 0.4) is 0 Å². The third kappa shape index (κ3) is 2.98. The van der Waals surface area contributed by atoms with Gasteiger partial charge in [0.15, 0.2) is 0 Å². The molecular weight excluding hydrogens is 256 g/mol. The lowest BCUT2D eigenvalue weighted by molar-refractivity contribution is 0.577. The van der Waals surface area contributed by atoms with Gasteiger partial charge in [0, 0.05) is 11.3 Å². The normalized spacial score (nSPS) is 12.2. The zero-order valence-electron chi connectivity index (χ0n) is 12.0. The molecule has 0 saturated carbocycles. The van der Waals surface area contributed by atoms with Gasteiger partial charge in [0.05, 0.1) is 6.04 Å². The predicted octanol–water partition coefficient (Wildman–Crippen LogP) is 5.01. The highest BCUT2D eigenvalue weighted by atomic mass is 19.1. The van der Waals surface area contributed by atoms with Gasteiger partial charge in [0.25, 0.3) is 0 Å². The fraction of sp³-hybridized carbons (Fsp3) is 0.294. The van der Waals surface area contributed by atoms with Crippen LogP contribution < -0.4 is 5.32 Å². The van der Waals surface area contributed by atoms with Crippen molar-refractivity contribution in [1.82, 2.24) is 0 Å². The van der Waals surface area contributed by atoms with E-state index in [2.05, 4.69) is 12.2 Å². The summed E-state index contributed by atoms with van der Waals surface area (Å²) in [6.07, 6.45) is 0.891. The van der Waals surface area contributed by atoms with Crippen molar-refractivity contribution in [2.24, 2.45) is 0 Å². The monoisotopic (exact) mass is 275 g/mol. The standard InChI is InChI=1S/C17H19F2N/c1-4-13-7-5-6-11(2)17(13)20-12(3)15-10-14(18)8-9-16(15)19/h5-10,12,20H,4H2,1-3H3. The molecule has 0 aliphatic rings. The second kappa shape index (κ2) is 6.04. The molecule has 0 aromatic heterocycles. The average molecular weight is 275 g/mol. The molecule has 2 aromatic rings. The van der Waals surface area contributed by atoms with E-state index < -0.39 is 11.6 Å². The van der Waals surface area contributed by atoms with E-state index >= 15 is 0 Å². The van der Waals surface area contributed by atoms with Crippen molar-refractivity contribution in [3.63, 3.8) is 0 Å². The Labute approximate surface area is 118 Å². The molecule has 2 aromatic carbocycles. The second-order valence-electron chi connectivity index (χ2n) is 4.99. The predicted molar refractivity (Wildman–Crippen MR) is 79.0 cm³/mol. The van der Waals surface area contributed by atoms with Gasteiger partial charge in [-0.15, -0.1) is 0 Å². The molecule has 1 unspecified atom stereocenters. The zero-order chi connectivity index (χ0) is 14.7. The lowest BCUT2D eigenvalue weighted by Gasteiger charge is -2.20. The Bertz CT molecular complexity index is 608. The van der Waals surface area contributed by atoms with E-state index in [1.54, 1.807) is 0 Å². The molecule has 0 aliphatic heterocycles. The van der Waals surface area contributed by atoms with Crippen LogP contribution >= 0.6 is 0 Å². The first kappa shape index (κ1) is 14.5. The Morgan fingerprint density at radius 2 is 1.90 bits per heavy atom. The van der Waals surface area contributed by atoms with Crippen LogP contribution in [0, 0.1) is 18.6 Å². The van der Waals surface area contributed by atoms with Crippen molar-refractivity contribution in [3.05, 3.63) is 64.7 Å². The fourth-order valence-corrected chi connectivity index (χ4v) is 2.37. The van der Waals surface area contributed by atoms with Crippen molar-refractivity contribution < 1.29 is 8.78 Å². The molecule has 3 heteroatoms. The third-order valence-electron chi connectivity index (χ3n) is 3.53. The maximum absolute atomic E-state index is 13.8. The number of nitrogens with one attached hydrogen (secondary N) is 1. The molecule has 0 aliphatic carbocycles. The summed E-state index contributed by atoms with van der Waals surface area (Å²) in [7, 11) is 0. The summed E-state index contributed by atoms with van der Waals surface area (Å²) in [5.41, 5.74) is 3.63. The van der Waals surface area contributed by atoms with Crippen molar-refractivity contribution in [3.8, 4) is 0 Å². The van der Waals surface area contributed by atoms with Crippen LogP contribution in [-0.4, -0.2) is 0 Å². The average Bonchev–Trinajstić information content (AvgIpc) is 2.43. The largest absolute Gasteiger partial charge is 0.378 e. The minimum atomic E-state index is -0.421. The number of anilines is 1. The zero-order valence-corrected chi connectivity index (χ0v) is 12.0. The van der Waals surface area contributed by atoms with Gasteiger partial charge in [-0.25, -0.2) is 8.78 Å². The van der Waals surface area contributed by atoms with Crippen molar-refractivity contribution in [2.45, 2.75) is 33.2 Å². The van der Waals surface area contributed by atoms with Crippen LogP contribution in [0.1, 0.15) is 36.6 Å². The van der Waals surface area contributed by atoms with E-state index in [0.29, 0.717) is 5.56 Å². The Morgan fingerprint density at radius 3 is 2.60 bits per heavy atom. The molecule has 0 spiro atoms. The van der Waals surface area contributed by atoms with Gasteiger partial charge in [0.2, 0.25) is 0 Å². The molecular formula is C17H19F2N. The van der Waals surface area contributed by atoms with Crippen LogP contribution in [0.15, 0.2) is 36.4 Å². The smallest absolute Gasteiger partial charge is 0.128 e. The minimum absolute atomic E-state index is 0.294. The van der Waals surface area contributed by atoms with Crippen molar-refractivity contribution in [2.75, 3.05) is 5.32 Å². The quantitative estimate of drug-likeness (QED) is 0.827. The highest BCUT2D eigenvalue weighted by molar-refractivity contribution is 5.58. The van der Waals surface area contributed by atoms with E-state index in [1.165, 1.54) is 17.7 Å². The van der Waals surface area contributed by atoms with Gasteiger partial charge in [-0.3, -0.25) is 0 Å². The van der Waals surface area contributed by atoms with Crippen molar-refractivity contribution >= 4 is 5.69 Å². The summed E-state index contributed by atoms with van der Waals surface area (Å²) in [6.45, 7) is 5.92. The van der Waals surface area contributed by atoms with Gasteiger partial charge >= 0.3 is 0 Å². The van der Waals surface area contributed by atoms with E-state index in [0.717, 1.165) is 23.7 Å². The van der Waals surface area contributed by atoms with Gasteiger partial charge in [-0.2, -0.15) is 0 Å². The van der Waals surface area contributed by atoms with Crippen molar-refractivity contribution in [1.29, 1.82) is 0 Å². The minimum Gasteiger partial charge on any atom is -0.378 e. The highest BCUT2D eigenvalue weighted by Crippen LogP contribution is 2.27. The molecule has 20 heavy (non-hydrogen) atoms. The van der Waals surface area contributed by atoms with Crippen LogP contribution in [0.25, 0.3) is 0 Å². The summed E-state index contributed by atoms with van der Waals surface area (Å²) in [5.74, 6) is -0.811. The van der Waals surface area contributed by atoms with E-state index in [-0.39, 0.29) is 6.04 Å². The van der Waals surface area contributed by atoms with Crippen LogP contribution in [0.5, 0.6) is 0 Å². The fourth-order valence-electron chi connectivity index (χ4n) is 2.37. The van der Waals surface area contributed by atoms with E-state index in [9.17, 15) is 8.78 Å². The molecule has 0 amide bonds. The van der Waals surface area contributed by atoms with Crippen LogP contribution in [0.2, 0.25) is 0 Å². The maximum atomic E-state index is 13.8. The lowest BCUT2D eigenvalue weighted by atomic mass is 10.0. The summed E-state index contributed by atoms with van der Waals surface area (Å²) in [5, 5.41) is 3.31. The molecule has 106 valence electrons. The number of benzene rings is 2. The number of para-hydroxylation sites is 1. The first-order chi connectivity index (χ1) is 9.52. The number of hydrogen-bond donors (Lipinski definition) is 1. The molecule has 1 N–H and O–H groups in total. The SMILES string of the molecule is CCc1cccc(C)c1NC(C)c1cc(F)ccc1F. The van der Waals surface area contributed by atoms with E-state index in [4.69, 9.17) is 0 Å². The molecule has 0 radical (unpaired) electrons. The van der Waals surface area contributed by atoms with Gasteiger partial charge in [-0.05, 0) is 49.6 Å².